The minimum Gasteiger partial charge on any atom is -0.506 e. The van der Waals surface area contributed by atoms with Gasteiger partial charge in [-0.2, -0.15) is 13.2 Å². The Bertz CT molecular complexity index is 1100. The van der Waals surface area contributed by atoms with Crippen LogP contribution in [0, 0.1) is 0 Å². The number of benzene rings is 1. The summed E-state index contributed by atoms with van der Waals surface area (Å²) >= 11 is 0. The van der Waals surface area contributed by atoms with Crippen LogP contribution >= 0.6 is 0 Å². The molecule has 0 amide bonds. The SMILES string of the molecule is Oc1cnccc1-c1[nH]c2cccnc2c1-c1cccc(C(F)(F)F)c1. The second kappa shape index (κ2) is 5.87. The molecule has 4 aromatic rings. The van der Waals surface area contributed by atoms with Crippen molar-refractivity contribution < 1.29 is 18.3 Å². The van der Waals surface area contributed by atoms with Gasteiger partial charge in [-0.1, -0.05) is 12.1 Å². The Kier molecular flexibility index (Phi) is 3.64. The maximum atomic E-state index is 13.1. The molecule has 0 saturated carbocycles. The van der Waals surface area contributed by atoms with Gasteiger partial charge < -0.3 is 10.1 Å². The van der Waals surface area contributed by atoms with Crippen LogP contribution in [0.15, 0.2) is 61.1 Å². The van der Waals surface area contributed by atoms with E-state index in [0.717, 1.165) is 12.1 Å². The molecule has 0 radical (unpaired) electrons. The zero-order valence-electron chi connectivity index (χ0n) is 13.2. The molecule has 0 atom stereocenters. The summed E-state index contributed by atoms with van der Waals surface area (Å²) < 4.78 is 39.4. The number of hydrogen-bond donors (Lipinski definition) is 2. The number of nitrogens with one attached hydrogen (secondary N) is 1. The summed E-state index contributed by atoms with van der Waals surface area (Å²) in [6, 6.07) is 10.2. The number of rotatable bonds is 2. The minimum atomic E-state index is -4.45. The maximum absolute atomic E-state index is 13.1. The molecule has 0 bridgehead atoms. The topological polar surface area (TPSA) is 61.8 Å². The van der Waals surface area contributed by atoms with Crippen molar-refractivity contribution in [1.29, 1.82) is 0 Å². The van der Waals surface area contributed by atoms with Crippen LogP contribution in [0.1, 0.15) is 5.56 Å². The largest absolute Gasteiger partial charge is 0.506 e. The molecule has 3 aromatic heterocycles. The van der Waals surface area contributed by atoms with E-state index in [-0.39, 0.29) is 5.75 Å². The fraction of sp³-hybridized carbons (Fsp3) is 0.0526. The van der Waals surface area contributed by atoms with Gasteiger partial charge in [0.25, 0.3) is 0 Å². The molecule has 0 saturated heterocycles. The molecular weight excluding hydrogens is 343 g/mol. The Balaban J connectivity index is 2.04. The van der Waals surface area contributed by atoms with Crippen molar-refractivity contribution in [2.45, 2.75) is 6.18 Å². The number of nitrogens with zero attached hydrogens (tertiary/aromatic N) is 2. The van der Waals surface area contributed by atoms with Gasteiger partial charge in [0, 0.05) is 23.5 Å². The number of aromatic hydroxyl groups is 1. The zero-order valence-corrected chi connectivity index (χ0v) is 13.2. The predicted octanol–water partition coefficient (Wildman–Crippen LogP) is 5.02. The van der Waals surface area contributed by atoms with E-state index in [9.17, 15) is 18.3 Å². The highest BCUT2D eigenvalue weighted by Crippen LogP contribution is 2.41. The first-order valence-corrected chi connectivity index (χ1v) is 7.73. The predicted molar refractivity (Wildman–Crippen MR) is 91.4 cm³/mol. The van der Waals surface area contributed by atoms with E-state index in [1.165, 1.54) is 18.5 Å². The monoisotopic (exact) mass is 355 g/mol. The molecule has 2 N–H and O–H groups in total. The summed E-state index contributed by atoms with van der Waals surface area (Å²) in [5.74, 6) is -0.0766. The van der Waals surface area contributed by atoms with Gasteiger partial charge in [0.1, 0.15) is 5.75 Å². The number of hydrogen-bond acceptors (Lipinski definition) is 3. The van der Waals surface area contributed by atoms with Crippen molar-refractivity contribution in [2.75, 3.05) is 0 Å². The van der Waals surface area contributed by atoms with E-state index in [2.05, 4.69) is 15.0 Å². The minimum absolute atomic E-state index is 0.0766. The van der Waals surface area contributed by atoms with E-state index in [0.29, 0.717) is 33.4 Å². The van der Waals surface area contributed by atoms with Gasteiger partial charge in [-0.15, -0.1) is 0 Å². The van der Waals surface area contributed by atoms with Gasteiger partial charge in [0.2, 0.25) is 0 Å². The van der Waals surface area contributed by atoms with Gasteiger partial charge >= 0.3 is 6.18 Å². The average Bonchev–Trinajstić information content (AvgIpc) is 3.01. The lowest BCUT2D eigenvalue weighted by Crippen LogP contribution is -2.04. The highest BCUT2D eigenvalue weighted by molar-refractivity contribution is 6.02. The molecule has 0 aliphatic carbocycles. The summed E-state index contributed by atoms with van der Waals surface area (Å²) in [7, 11) is 0. The average molecular weight is 355 g/mol. The van der Waals surface area contributed by atoms with Crippen molar-refractivity contribution in [1.82, 2.24) is 15.0 Å². The van der Waals surface area contributed by atoms with Crippen LogP contribution in [0.3, 0.4) is 0 Å². The van der Waals surface area contributed by atoms with Gasteiger partial charge in [-0.3, -0.25) is 9.97 Å². The quantitative estimate of drug-likeness (QED) is 0.531. The van der Waals surface area contributed by atoms with Crippen LogP contribution in [-0.4, -0.2) is 20.1 Å². The van der Waals surface area contributed by atoms with Crippen LogP contribution in [0.5, 0.6) is 5.75 Å². The second-order valence-electron chi connectivity index (χ2n) is 5.75. The Morgan fingerprint density at radius 3 is 2.62 bits per heavy atom. The highest BCUT2D eigenvalue weighted by atomic mass is 19.4. The standard InChI is InChI=1S/C19H12F3N3O/c20-19(21,22)12-4-1-3-11(9-12)16-17(13-6-8-23-10-15(13)26)25-14-5-2-7-24-18(14)16/h1-10,25-26H. The van der Waals surface area contributed by atoms with Crippen LogP contribution in [-0.2, 0) is 6.18 Å². The first-order valence-electron chi connectivity index (χ1n) is 7.73. The van der Waals surface area contributed by atoms with Crippen molar-refractivity contribution >= 4 is 11.0 Å². The van der Waals surface area contributed by atoms with E-state index in [1.807, 2.05) is 0 Å². The number of fused-ring (bicyclic) bond motifs is 1. The van der Waals surface area contributed by atoms with E-state index in [1.54, 1.807) is 30.5 Å². The molecule has 0 unspecified atom stereocenters. The molecule has 4 nitrogen and oxygen atoms in total. The molecular formula is C19H12F3N3O. The van der Waals surface area contributed by atoms with Gasteiger partial charge in [0.05, 0.1) is 28.5 Å². The van der Waals surface area contributed by atoms with E-state index >= 15 is 0 Å². The summed E-state index contributed by atoms with van der Waals surface area (Å²) in [5, 5.41) is 10.2. The molecule has 0 fully saturated rings. The maximum Gasteiger partial charge on any atom is 0.416 e. The number of pyridine rings is 2. The lowest BCUT2D eigenvalue weighted by atomic mass is 9.98. The van der Waals surface area contributed by atoms with Gasteiger partial charge in [-0.25, -0.2) is 0 Å². The van der Waals surface area contributed by atoms with Crippen molar-refractivity contribution in [3.05, 3.63) is 66.6 Å². The molecule has 7 heteroatoms. The summed E-state index contributed by atoms with van der Waals surface area (Å²) in [5.41, 5.74) is 2.21. The number of alkyl halides is 3. The van der Waals surface area contributed by atoms with E-state index < -0.39 is 11.7 Å². The molecule has 3 heterocycles. The van der Waals surface area contributed by atoms with Crippen LogP contribution < -0.4 is 0 Å². The third-order valence-corrected chi connectivity index (χ3v) is 4.10. The number of H-pyrrole nitrogens is 1. The summed E-state index contributed by atoms with van der Waals surface area (Å²) in [6.45, 7) is 0. The lowest BCUT2D eigenvalue weighted by molar-refractivity contribution is -0.137. The molecule has 0 spiro atoms. The van der Waals surface area contributed by atoms with Crippen molar-refractivity contribution in [3.63, 3.8) is 0 Å². The zero-order chi connectivity index (χ0) is 18.3. The second-order valence-corrected chi connectivity index (χ2v) is 5.75. The summed E-state index contributed by atoms with van der Waals surface area (Å²) in [6.07, 6.45) is -0.0912. The van der Waals surface area contributed by atoms with Crippen LogP contribution in [0.4, 0.5) is 13.2 Å². The first-order chi connectivity index (χ1) is 12.4. The fourth-order valence-electron chi connectivity index (χ4n) is 2.95. The van der Waals surface area contributed by atoms with Crippen molar-refractivity contribution in [2.24, 2.45) is 0 Å². The highest BCUT2D eigenvalue weighted by Gasteiger charge is 2.31. The molecule has 0 aliphatic heterocycles. The number of aromatic amines is 1. The Morgan fingerprint density at radius 2 is 1.85 bits per heavy atom. The number of aromatic nitrogens is 3. The smallest absolute Gasteiger partial charge is 0.416 e. The molecule has 0 aliphatic rings. The number of halogens is 3. The Morgan fingerprint density at radius 1 is 1.00 bits per heavy atom. The first kappa shape index (κ1) is 16.1. The molecule has 26 heavy (non-hydrogen) atoms. The van der Waals surface area contributed by atoms with Crippen LogP contribution in [0.2, 0.25) is 0 Å². The normalized spacial score (nSPS) is 11.8. The fourth-order valence-corrected chi connectivity index (χ4v) is 2.95. The molecule has 4 rings (SSSR count). The molecule has 1 aromatic carbocycles. The third kappa shape index (κ3) is 2.67. The summed E-state index contributed by atoms with van der Waals surface area (Å²) in [4.78, 5) is 11.3. The van der Waals surface area contributed by atoms with Gasteiger partial charge in [-0.05, 0) is 35.9 Å². The Hall–Kier alpha value is -3.35. The van der Waals surface area contributed by atoms with Gasteiger partial charge in [0.15, 0.2) is 0 Å². The molecule has 130 valence electrons. The third-order valence-electron chi connectivity index (χ3n) is 4.10. The van der Waals surface area contributed by atoms with E-state index in [4.69, 9.17) is 0 Å². The van der Waals surface area contributed by atoms with Crippen LogP contribution in [0.25, 0.3) is 33.4 Å². The van der Waals surface area contributed by atoms with Crippen molar-refractivity contribution in [3.8, 4) is 28.1 Å². The Labute approximate surface area is 146 Å². The lowest BCUT2D eigenvalue weighted by Gasteiger charge is -2.10.